The fourth-order valence-electron chi connectivity index (χ4n) is 3.54. The van der Waals surface area contributed by atoms with E-state index in [-0.39, 0.29) is 5.97 Å². The third kappa shape index (κ3) is 5.38. The number of rotatable bonds is 10. The number of hydrogen-bond donors (Lipinski definition) is 1. The van der Waals surface area contributed by atoms with Crippen LogP contribution in [0.1, 0.15) is 59.2 Å². The van der Waals surface area contributed by atoms with Crippen molar-refractivity contribution in [2.45, 2.75) is 65.4 Å². The Bertz CT molecular complexity index is 1090. The van der Waals surface area contributed by atoms with Crippen molar-refractivity contribution in [1.29, 1.82) is 0 Å². The first kappa shape index (κ1) is 23.6. The fraction of sp³-hybridized carbons (Fsp3) is 0.565. The van der Waals surface area contributed by atoms with Gasteiger partial charge in [-0.25, -0.2) is 4.98 Å². The Balaban J connectivity index is 1.72. The van der Waals surface area contributed by atoms with E-state index >= 15 is 0 Å². The van der Waals surface area contributed by atoms with Crippen molar-refractivity contribution in [3.8, 4) is 11.5 Å². The summed E-state index contributed by atoms with van der Waals surface area (Å²) in [6, 6.07) is 3.76. The van der Waals surface area contributed by atoms with Gasteiger partial charge in [-0.1, -0.05) is 13.3 Å². The summed E-state index contributed by atoms with van der Waals surface area (Å²) in [7, 11) is 3.22. The van der Waals surface area contributed by atoms with E-state index in [1.54, 1.807) is 14.2 Å². The number of esters is 1. The highest BCUT2D eigenvalue weighted by Crippen LogP contribution is 2.33. The molecule has 0 amide bonds. The summed E-state index contributed by atoms with van der Waals surface area (Å²) in [5.41, 5.74) is 1.86. The molecule has 32 heavy (non-hydrogen) atoms. The molecule has 0 radical (unpaired) electrons. The Morgan fingerprint density at radius 1 is 1.06 bits per heavy atom. The van der Waals surface area contributed by atoms with Gasteiger partial charge in [0, 0.05) is 31.5 Å². The van der Waals surface area contributed by atoms with Crippen molar-refractivity contribution in [3.05, 3.63) is 18.0 Å². The Hall–Kier alpha value is -3.10. The van der Waals surface area contributed by atoms with Crippen LogP contribution in [0, 0.1) is 0 Å². The van der Waals surface area contributed by atoms with Gasteiger partial charge >= 0.3 is 5.97 Å². The summed E-state index contributed by atoms with van der Waals surface area (Å²) in [5.74, 6) is 2.61. The van der Waals surface area contributed by atoms with Crippen LogP contribution in [0.25, 0.3) is 16.7 Å². The molecule has 0 unspecified atom stereocenters. The van der Waals surface area contributed by atoms with Crippen molar-refractivity contribution in [2.75, 3.05) is 26.1 Å². The first-order chi connectivity index (χ1) is 15.3. The number of ether oxygens (including phenoxy) is 3. The minimum Gasteiger partial charge on any atom is -0.493 e. The van der Waals surface area contributed by atoms with Gasteiger partial charge < -0.3 is 19.5 Å². The highest BCUT2D eigenvalue weighted by molar-refractivity contribution is 5.86. The van der Waals surface area contributed by atoms with E-state index in [9.17, 15) is 4.79 Å². The van der Waals surface area contributed by atoms with E-state index in [0.29, 0.717) is 35.9 Å². The molecule has 9 nitrogen and oxygen atoms in total. The zero-order chi connectivity index (χ0) is 23.3. The molecule has 0 aliphatic rings. The zero-order valence-corrected chi connectivity index (χ0v) is 19.8. The lowest BCUT2D eigenvalue weighted by Crippen LogP contribution is -2.23. The summed E-state index contributed by atoms with van der Waals surface area (Å²) in [5, 5.41) is 12.1. The topological polar surface area (TPSA) is 99.9 Å². The predicted molar refractivity (Wildman–Crippen MR) is 124 cm³/mol. The van der Waals surface area contributed by atoms with Gasteiger partial charge in [-0.2, -0.15) is 0 Å². The Morgan fingerprint density at radius 2 is 1.78 bits per heavy atom. The number of anilines is 1. The number of nitrogens with zero attached hydrogens (tertiary/aromatic N) is 4. The van der Waals surface area contributed by atoms with Crippen LogP contribution < -0.4 is 14.8 Å². The van der Waals surface area contributed by atoms with Crippen LogP contribution in [0.5, 0.6) is 11.5 Å². The third-order valence-corrected chi connectivity index (χ3v) is 4.98. The molecule has 0 bridgehead atoms. The lowest BCUT2D eigenvalue weighted by atomic mass is 10.1. The molecule has 0 saturated carbocycles. The van der Waals surface area contributed by atoms with E-state index in [0.717, 1.165) is 42.5 Å². The molecule has 0 aliphatic carbocycles. The summed E-state index contributed by atoms with van der Waals surface area (Å²) >= 11 is 0. The van der Waals surface area contributed by atoms with E-state index in [2.05, 4.69) is 15.5 Å². The van der Waals surface area contributed by atoms with E-state index in [1.807, 2.05) is 44.2 Å². The number of benzene rings is 1. The van der Waals surface area contributed by atoms with Gasteiger partial charge in [-0.3, -0.25) is 9.20 Å². The molecule has 2 heterocycles. The Labute approximate surface area is 188 Å². The van der Waals surface area contributed by atoms with Gasteiger partial charge in [-0.15, -0.1) is 10.2 Å². The molecule has 0 spiro atoms. The number of aromatic nitrogens is 4. The SMILES string of the molecule is CCc1nnc2c(NCCCCCC(=O)OC(C)(C)C)nc3cc(OC)c(OC)cc3n12. The van der Waals surface area contributed by atoms with Crippen molar-refractivity contribution in [2.24, 2.45) is 0 Å². The summed E-state index contributed by atoms with van der Waals surface area (Å²) in [4.78, 5) is 16.6. The average molecular weight is 444 g/mol. The normalized spacial score (nSPS) is 11.7. The van der Waals surface area contributed by atoms with Crippen LogP contribution in [-0.4, -0.2) is 51.9 Å². The molecule has 1 aromatic carbocycles. The Morgan fingerprint density at radius 3 is 2.44 bits per heavy atom. The highest BCUT2D eigenvalue weighted by atomic mass is 16.6. The first-order valence-corrected chi connectivity index (χ1v) is 11.0. The van der Waals surface area contributed by atoms with Gasteiger partial charge in [0.15, 0.2) is 17.3 Å². The maximum atomic E-state index is 11.8. The number of unbranched alkanes of at least 4 members (excludes halogenated alkanes) is 2. The minimum absolute atomic E-state index is 0.150. The van der Waals surface area contributed by atoms with Gasteiger partial charge in [0.2, 0.25) is 5.65 Å². The quantitative estimate of drug-likeness (QED) is 0.368. The maximum Gasteiger partial charge on any atom is 0.306 e. The molecular weight excluding hydrogens is 410 g/mol. The van der Waals surface area contributed by atoms with Gasteiger partial charge in [0.25, 0.3) is 0 Å². The van der Waals surface area contributed by atoms with Crippen LogP contribution in [0.3, 0.4) is 0 Å². The van der Waals surface area contributed by atoms with Crippen LogP contribution in [0.2, 0.25) is 0 Å². The highest BCUT2D eigenvalue weighted by Gasteiger charge is 2.18. The van der Waals surface area contributed by atoms with Crippen molar-refractivity contribution in [1.82, 2.24) is 19.6 Å². The molecule has 0 saturated heterocycles. The molecule has 0 atom stereocenters. The number of hydrogen-bond acceptors (Lipinski definition) is 8. The van der Waals surface area contributed by atoms with Crippen LogP contribution >= 0.6 is 0 Å². The smallest absolute Gasteiger partial charge is 0.306 e. The summed E-state index contributed by atoms with van der Waals surface area (Å²) < 4.78 is 18.3. The van der Waals surface area contributed by atoms with E-state index < -0.39 is 5.60 Å². The molecule has 3 aromatic rings. The number of carbonyl (C=O) groups excluding carboxylic acids is 1. The average Bonchev–Trinajstić information content (AvgIpc) is 3.18. The number of methoxy groups -OCH3 is 2. The second-order valence-electron chi connectivity index (χ2n) is 8.61. The minimum atomic E-state index is -0.436. The van der Waals surface area contributed by atoms with Crippen LogP contribution in [-0.2, 0) is 16.0 Å². The number of nitrogens with one attached hydrogen (secondary N) is 1. The monoisotopic (exact) mass is 443 g/mol. The fourth-order valence-corrected chi connectivity index (χ4v) is 3.54. The lowest BCUT2D eigenvalue weighted by Gasteiger charge is -2.19. The number of carbonyl (C=O) groups is 1. The zero-order valence-electron chi connectivity index (χ0n) is 19.8. The maximum absolute atomic E-state index is 11.8. The molecule has 3 rings (SSSR count). The molecule has 9 heteroatoms. The second kappa shape index (κ2) is 10.0. The number of fused-ring (bicyclic) bond motifs is 3. The molecule has 174 valence electrons. The summed E-state index contributed by atoms with van der Waals surface area (Å²) in [6.45, 7) is 8.40. The third-order valence-electron chi connectivity index (χ3n) is 4.98. The molecule has 1 N–H and O–H groups in total. The summed E-state index contributed by atoms with van der Waals surface area (Å²) in [6.07, 6.45) is 3.77. The van der Waals surface area contributed by atoms with Gasteiger partial charge in [-0.05, 0) is 33.6 Å². The second-order valence-corrected chi connectivity index (χ2v) is 8.61. The molecule has 0 fully saturated rings. The van der Waals surface area contributed by atoms with Gasteiger partial charge in [0.05, 0.1) is 25.3 Å². The molecule has 2 aromatic heterocycles. The largest absolute Gasteiger partial charge is 0.493 e. The molecular formula is C23H33N5O4. The van der Waals surface area contributed by atoms with Crippen LogP contribution in [0.4, 0.5) is 5.82 Å². The number of aryl methyl sites for hydroxylation is 1. The van der Waals surface area contributed by atoms with Crippen molar-refractivity contribution >= 4 is 28.5 Å². The van der Waals surface area contributed by atoms with Crippen LogP contribution in [0.15, 0.2) is 12.1 Å². The van der Waals surface area contributed by atoms with E-state index in [1.165, 1.54) is 0 Å². The first-order valence-electron chi connectivity index (χ1n) is 11.0. The van der Waals surface area contributed by atoms with Crippen molar-refractivity contribution < 1.29 is 19.0 Å². The van der Waals surface area contributed by atoms with Crippen molar-refractivity contribution in [3.63, 3.8) is 0 Å². The standard InChI is InChI=1S/C23H33N5O4/c1-7-19-26-27-22-21(24-12-10-8-9-11-20(29)32-23(2,3)4)25-15-13-17(30-5)18(31-6)14-16(15)28(19)22/h13-14H,7-12H2,1-6H3,(H,24,25). The lowest BCUT2D eigenvalue weighted by molar-refractivity contribution is -0.154. The molecule has 0 aliphatic heterocycles. The predicted octanol–water partition coefficient (Wildman–Crippen LogP) is 4.17. The van der Waals surface area contributed by atoms with E-state index in [4.69, 9.17) is 19.2 Å². The Kier molecular flexibility index (Phi) is 7.37. The van der Waals surface area contributed by atoms with Gasteiger partial charge in [0.1, 0.15) is 11.4 Å².